The van der Waals surface area contributed by atoms with Crippen molar-refractivity contribution in [1.82, 2.24) is 5.32 Å². The Labute approximate surface area is 124 Å². The van der Waals surface area contributed by atoms with Crippen LogP contribution in [0.2, 0.25) is 0 Å². The second-order valence-corrected chi connectivity index (χ2v) is 4.69. The smallest absolute Gasteiger partial charge is 0.308 e. The van der Waals surface area contributed by atoms with Crippen molar-refractivity contribution >= 4 is 11.9 Å². The predicted octanol–water partition coefficient (Wildman–Crippen LogP) is 1.61. The van der Waals surface area contributed by atoms with Crippen LogP contribution in [0.4, 0.5) is 0 Å². The molecule has 0 saturated carbocycles. The van der Waals surface area contributed by atoms with Crippen LogP contribution in [0, 0.1) is 12.8 Å². The molecular formula is C15H21NO5. The Balaban J connectivity index is 2.48. The Morgan fingerprint density at radius 3 is 2.62 bits per heavy atom. The van der Waals surface area contributed by atoms with Gasteiger partial charge in [-0.25, -0.2) is 0 Å². The van der Waals surface area contributed by atoms with Gasteiger partial charge in [-0.05, 0) is 31.0 Å². The molecule has 116 valence electrons. The largest absolute Gasteiger partial charge is 0.493 e. The van der Waals surface area contributed by atoms with Crippen molar-refractivity contribution in [3.63, 3.8) is 0 Å². The average Bonchev–Trinajstić information content (AvgIpc) is 2.46. The minimum absolute atomic E-state index is 0.0963. The van der Waals surface area contributed by atoms with E-state index in [-0.39, 0.29) is 19.1 Å². The highest BCUT2D eigenvalue weighted by Gasteiger charge is 2.16. The van der Waals surface area contributed by atoms with Gasteiger partial charge in [0.05, 0.1) is 13.0 Å². The monoisotopic (exact) mass is 295 g/mol. The van der Waals surface area contributed by atoms with E-state index in [1.165, 1.54) is 7.11 Å². The molecule has 6 nitrogen and oxygen atoms in total. The van der Waals surface area contributed by atoms with E-state index in [4.69, 9.17) is 14.6 Å². The summed E-state index contributed by atoms with van der Waals surface area (Å²) in [6.07, 6.45) is 0.461. The highest BCUT2D eigenvalue weighted by molar-refractivity contribution is 5.78. The fourth-order valence-corrected chi connectivity index (χ4v) is 1.73. The topological polar surface area (TPSA) is 84.9 Å². The molecule has 0 bridgehead atoms. The van der Waals surface area contributed by atoms with Gasteiger partial charge in [-0.3, -0.25) is 9.59 Å². The Morgan fingerprint density at radius 2 is 2.05 bits per heavy atom. The molecule has 1 aromatic rings. The summed E-state index contributed by atoms with van der Waals surface area (Å²) in [7, 11) is 1.53. The molecule has 1 atom stereocenters. The first kappa shape index (κ1) is 16.8. The summed E-state index contributed by atoms with van der Waals surface area (Å²) in [5.74, 6) is -0.831. The highest BCUT2D eigenvalue weighted by atomic mass is 16.5. The molecule has 0 aromatic heterocycles. The minimum atomic E-state index is -0.918. The fraction of sp³-hybridized carbons (Fsp3) is 0.467. The van der Waals surface area contributed by atoms with E-state index in [2.05, 4.69) is 5.32 Å². The highest BCUT2D eigenvalue weighted by Crippen LogP contribution is 2.27. The zero-order valence-corrected chi connectivity index (χ0v) is 12.5. The van der Waals surface area contributed by atoms with Crippen LogP contribution >= 0.6 is 0 Å². The number of ether oxygens (including phenoxy) is 2. The lowest BCUT2D eigenvalue weighted by Crippen LogP contribution is -2.35. The first-order valence-corrected chi connectivity index (χ1v) is 6.74. The molecule has 0 aliphatic heterocycles. The number of carbonyl (C=O) groups excluding carboxylic acids is 1. The number of hydrogen-bond acceptors (Lipinski definition) is 4. The number of amides is 1. The van der Waals surface area contributed by atoms with Gasteiger partial charge in [-0.15, -0.1) is 0 Å². The lowest BCUT2D eigenvalue weighted by molar-refractivity contribution is -0.141. The van der Waals surface area contributed by atoms with Crippen molar-refractivity contribution in [2.24, 2.45) is 5.92 Å². The van der Waals surface area contributed by atoms with Gasteiger partial charge in [-0.2, -0.15) is 0 Å². The van der Waals surface area contributed by atoms with E-state index in [0.717, 1.165) is 5.56 Å². The molecule has 21 heavy (non-hydrogen) atoms. The van der Waals surface area contributed by atoms with E-state index in [1.807, 2.05) is 19.1 Å². The molecular weight excluding hydrogens is 274 g/mol. The first-order valence-electron chi connectivity index (χ1n) is 6.74. The molecule has 0 spiro atoms. The number of aryl methyl sites for hydroxylation is 1. The lowest BCUT2D eigenvalue weighted by atomic mass is 10.1. The standard InChI is InChI=1S/C15H21NO5/c1-4-11(15(18)19)8-16-14(17)9-21-12-6-5-10(2)7-13(12)20-3/h5-7,11H,4,8-9H2,1-3H3,(H,16,17)(H,18,19). The summed E-state index contributed by atoms with van der Waals surface area (Å²) in [4.78, 5) is 22.5. The minimum Gasteiger partial charge on any atom is -0.493 e. The molecule has 0 aliphatic carbocycles. The lowest BCUT2D eigenvalue weighted by Gasteiger charge is -2.13. The van der Waals surface area contributed by atoms with Crippen LogP contribution in [0.25, 0.3) is 0 Å². The van der Waals surface area contributed by atoms with Crippen molar-refractivity contribution in [2.75, 3.05) is 20.3 Å². The summed E-state index contributed by atoms with van der Waals surface area (Å²) in [6, 6.07) is 5.39. The van der Waals surface area contributed by atoms with E-state index in [1.54, 1.807) is 13.0 Å². The van der Waals surface area contributed by atoms with Crippen LogP contribution in [0.5, 0.6) is 11.5 Å². The zero-order valence-electron chi connectivity index (χ0n) is 12.5. The van der Waals surface area contributed by atoms with E-state index < -0.39 is 11.9 Å². The maximum atomic E-state index is 11.7. The molecule has 1 rings (SSSR count). The van der Waals surface area contributed by atoms with Crippen LogP contribution in [0.3, 0.4) is 0 Å². The Kier molecular flexibility index (Phi) is 6.52. The molecule has 0 saturated heterocycles. The molecule has 0 fully saturated rings. The molecule has 1 aromatic carbocycles. The molecule has 2 N–H and O–H groups in total. The number of carboxylic acids is 1. The van der Waals surface area contributed by atoms with Gasteiger partial charge >= 0.3 is 5.97 Å². The van der Waals surface area contributed by atoms with Gasteiger partial charge in [0.15, 0.2) is 18.1 Å². The Bertz CT molecular complexity index is 501. The molecule has 6 heteroatoms. The van der Waals surface area contributed by atoms with Gasteiger partial charge in [0.2, 0.25) is 0 Å². The van der Waals surface area contributed by atoms with Crippen LogP contribution in [-0.4, -0.2) is 37.2 Å². The predicted molar refractivity (Wildman–Crippen MR) is 77.7 cm³/mol. The van der Waals surface area contributed by atoms with Gasteiger partial charge in [-0.1, -0.05) is 13.0 Å². The van der Waals surface area contributed by atoms with Crippen molar-refractivity contribution in [3.8, 4) is 11.5 Å². The van der Waals surface area contributed by atoms with E-state index >= 15 is 0 Å². The van der Waals surface area contributed by atoms with Gasteiger partial charge in [0.25, 0.3) is 5.91 Å². The van der Waals surface area contributed by atoms with E-state index in [9.17, 15) is 9.59 Å². The number of hydrogen-bond donors (Lipinski definition) is 2. The van der Waals surface area contributed by atoms with Crippen molar-refractivity contribution in [3.05, 3.63) is 23.8 Å². The second-order valence-electron chi connectivity index (χ2n) is 4.69. The first-order chi connectivity index (χ1) is 9.97. The summed E-state index contributed by atoms with van der Waals surface area (Å²) >= 11 is 0. The molecule has 0 heterocycles. The fourth-order valence-electron chi connectivity index (χ4n) is 1.73. The Morgan fingerprint density at radius 1 is 1.33 bits per heavy atom. The zero-order chi connectivity index (χ0) is 15.8. The quantitative estimate of drug-likeness (QED) is 0.761. The van der Waals surface area contributed by atoms with Gasteiger partial charge in [0.1, 0.15) is 0 Å². The van der Waals surface area contributed by atoms with Crippen molar-refractivity contribution < 1.29 is 24.2 Å². The number of carboxylic acid groups (broad SMARTS) is 1. The van der Waals surface area contributed by atoms with Crippen LogP contribution in [0.15, 0.2) is 18.2 Å². The number of methoxy groups -OCH3 is 1. The molecule has 1 unspecified atom stereocenters. The third kappa shape index (κ3) is 5.33. The normalized spacial score (nSPS) is 11.6. The second kappa shape index (κ2) is 8.14. The number of nitrogens with one attached hydrogen (secondary N) is 1. The molecule has 0 radical (unpaired) electrons. The van der Waals surface area contributed by atoms with Crippen molar-refractivity contribution in [1.29, 1.82) is 0 Å². The number of aliphatic carboxylic acids is 1. The third-order valence-electron chi connectivity index (χ3n) is 3.07. The number of benzene rings is 1. The summed E-state index contributed by atoms with van der Waals surface area (Å²) in [5, 5.41) is 11.4. The summed E-state index contributed by atoms with van der Waals surface area (Å²) in [6.45, 7) is 3.60. The van der Waals surface area contributed by atoms with Crippen LogP contribution < -0.4 is 14.8 Å². The summed E-state index contributed by atoms with van der Waals surface area (Å²) in [5.41, 5.74) is 1.02. The maximum absolute atomic E-state index is 11.7. The number of carbonyl (C=O) groups is 2. The maximum Gasteiger partial charge on any atom is 0.308 e. The van der Waals surface area contributed by atoms with E-state index in [0.29, 0.717) is 17.9 Å². The van der Waals surface area contributed by atoms with Crippen LogP contribution in [-0.2, 0) is 9.59 Å². The SMILES string of the molecule is CCC(CNC(=O)COc1ccc(C)cc1OC)C(=O)O. The molecule has 1 amide bonds. The van der Waals surface area contributed by atoms with Crippen molar-refractivity contribution in [2.45, 2.75) is 20.3 Å². The van der Waals surface area contributed by atoms with Gasteiger partial charge < -0.3 is 19.9 Å². The third-order valence-corrected chi connectivity index (χ3v) is 3.07. The van der Waals surface area contributed by atoms with Gasteiger partial charge in [0, 0.05) is 6.54 Å². The van der Waals surface area contributed by atoms with Crippen LogP contribution in [0.1, 0.15) is 18.9 Å². The summed E-state index contributed by atoms with van der Waals surface area (Å²) < 4.78 is 10.6. The molecule has 0 aliphatic rings. The number of rotatable bonds is 8. The Hall–Kier alpha value is -2.24. The average molecular weight is 295 g/mol.